The fraction of sp³-hybridized carbons (Fsp3) is 0.474. The maximum Gasteiger partial charge on any atom is 0.226 e. The maximum absolute atomic E-state index is 13.0. The lowest BCUT2D eigenvalue weighted by Crippen LogP contribution is -2.36. The van der Waals surface area contributed by atoms with E-state index < -0.39 is 0 Å². The van der Waals surface area contributed by atoms with Crippen LogP contribution in [0, 0.1) is 5.92 Å². The Morgan fingerprint density at radius 3 is 2.87 bits per heavy atom. The Kier molecular flexibility index (Phi) is 3.68. The van der Waals surface area contributed by atoms with Crippen molar-refractivity contribution in [3.8, 4) is 0 Å². The predicted octanol–water partition coefficient (Wildman–Crippen LogP) is 3.59. The van der Waals surface area contributed by atoms with Gasteiger partial charge in [0.25, 0.3) is 0 Å². The first kappa shape index (κ1) is 14.5. The molecule has 0 spiro atoms. The molecular formula is C19H23N3O. The summed E-state index contributed by atoms with van der Waals surface area (Å²) in [5.41, 5.74) is 2.16. The first-order valence-electron chi connectivity index (χ1n) is 8.62. The summed E-state index contributed by atoms with van der Waals surface area (Å²) in [4.78, 5) is 19.9. The molecule has 1 saturated heterocycles. The van der Waals surface area contributed by atoms with E-state index in [9.17, 15) is 4.79 Å². The summed E-state index contributed by atoms with van der Waals surface area (Å²) in [5, 5.41) is 0. The Morgan fingerprint density at radius 1 is 1.22 bits per heavy atom. The number of likely N-dealkylation sites (tertiary alicyclic amines) is 1. The van der Waals surface area contributed by atoms with E-state index in [1.165, 1.54) is 0 Å². The lowest BCUT2D eigenvalue weighted by molar-refractivity contribution is -0.136. The van der Waals surface area contributed by atoms with Gasteiger partial charge >= 0.3 is 0 Å². The number of imidazole rings is 1. The number of hydrogen-bond acceptors (Lipinski definition) is 2. The summed E-state index contributed by atoms with van der Waals surface area (Å²) in [6, 6.07) is 8.33. The summed E-state index contributed by atoms with van der Waals surface area (Å²) in [6.07, 6.45) is 9.35. The molecule has 2 aromatic rings. The molecule has 0 unspecified atom stereocenters. The predicted molar refractivity (Wildman–Crippen MR) is 90.9 cm³/mol. The van der Waals surface area contributed by atoms with Crippen molar-refractivity contribution in [2.75, 3.05) is 6.54 Å². The third-order valence-corrected chi connectivity index (χ3v) is 5.27. The fourth-order valence-corrected chi connectivity index (χ4v) is 4.01. The number of carbonyl (C=O) groups excluding carboxylic acids is 1. The lowest BCUT2D eigenvalue weighted by atomic mass is 9.93. The first-order valence-corrected chi connectivity index (χ1v) is 8.62. The second-order valence-electron chi connectivity index (χ2n) is 6.69. The number of fused-ring (bicyclic) bond motifs is 1. The van der Waals surface area contributed by atoms with E-state index in [1.54, 1.807) is 0 Å². The summed E-state index contributed by atoms with van der Waals surface area (Å²) in [6.45, 7) is 0.868. The number of aryl methyl sites for hydroxylation is 1. The Labute approximate surface area is 136 Å². The Balaban J connectivity index is 1.65. The molecule has 23 heavy (non-hydrogen) atoms. The van der Waals surface area contributed by atoms with Gasteiger partial charge in [0, 0.05) is 19.5 Å². The third-order valence-electron chi connectivity index (χ3n) is 5.27. The van der Waals surface area contributed by atoms with Gasteiger partial charge in [0.05, 0.1) is 17.1 Å². The van der Waals surface area contributed by atoms with Gasteiger partial charge in [0.15, 0.2) is 0 Å². The van der Waals surface area contributed by atoms with E-state index in [4.69, 9.17) is 4.98 Å². The van der Waals surface area contributed by atoms with Gasteiger partial charge in [-0.1, -0.05) is 24.3 Å². The number of nitrogens with zero attached hydrogens (tertiary/aromatic N) is 3. The highest BCUT2D eigenvalue weighted by Crippen LogP contribution is 2.35. The number of allylic oxidation sites excluding steroid dienone is 2. The molecule has 1 aliphatic heterocycles. The largest absolute Gasteiger partial charge is 0.332 e. The minimum absolute atomic E-state index is 0.130. The van der Waals surface area contributed by atoms with Crippen molar-refractivity contribution >= 4 is 16.9 Å². The molecule has 0 saturated carbocycles. The average Bonchev–Trinajstić information content (AvgIpc) is 3.20. The van der Waals surface area contributed by atoms with E-state index >= 15 is 0 Å². The molecular weight excluding hydrogens is 286 g/mol. The smallest absolute Gasteiger partial charge is 0.226 e. The highest BCUT2D eigenvalue weighted by Gasteiger charge is 2.36. The van der Waals surface area contributed by atoms with Crippen LogP contribution in [-0.2, 0) is 11.8 Å². The monoisotopic (exact) mass is 309 g/mol. The van der Waals surface area contributed by atoms with E-state index in [1.807, 2.05) is 18.2 Å². The summed E-state index contributed by atoms with van der Waals surface area (Å²) in [5.74, 6) is 1.52. The van der Waals surface area contributed by atoms with Crippen LogP contribution in [0.4, 0.5) is 0 Å². The topological polar surface area (TPSA) is 38.1 Å². The molecule has 0 N–H and O–H groups in total. The van der Waals surface area contributed by atoms with Crippen molar-refractivity contribution in [1.82, 2.24) is 14.5 Å². The Hall–Kier alpha value is -2.10. The lowest BCUT2D eigenvalue weighted by Gasteiger charge is -2.29. The van der Waals surface area contributed by atoms with Crippen LogP contribution in [0.3, 0.4) is 0 Å². The SMILES string of the molecule is Cn1c([C@H]2CCCN2C(=O)[C@H]2CC=CCC2)nc2ccccc21. The van der Waals surface area contributed by atoms with Crippen LogP contribution in [0.15, 0.2) is 36.4 Å². The van der Waals surface area contributed by atoms with Gasteiger partial charge in [-0.05, 0) is 44.2 Å². The molecule has 4 nitrogen and oxygen atoms in total. The van der Waals surface area contributed by atoms with E-state index in [0.29, 0.717) is 5.91 Å². The molecule has 2 atom stereocenters. The molecule has 120 valence electrons. The number of amides is 1. The highest BCUT2D eigenvalue weighted by molar-refractivity contribution is 5.80. The van der Waals surface area contributed by atoms with Crippen LogP contribution in [0.1, 0.15) is 44.0 Å². The van der Waals surface area contributed by atoms with Crippen LogP contribution < -0.4 is 0 Å². The van der Waals surface area contributed by atoms with Gasteiger partial charge in [-0.3, -0.25) is 4.79 Å². The standard InChI is InChI=1S/C19H23N3O/c1-21-16-11-6-5-10-15(16)20-18(21)17-12-7-13-22(17)19(23)14-8-3-2-4-9-14/h2-3,5-6,10-11,14,17H,4,7-9,12-13H2,1H3/t14-,17+/m0/s1. The number of carbonyl (C=O) groups is 1. The molecule has 4 rings (SSSR count). The van der Waals surface area contributed by atoms with Gasteiger partial charge in [-0.15, -0.1) is 0 Å². The molecule has 2 aliphatic rings. The minimum Gasteiger partial charge on any atom is -0.332 e. The van der Waals surface area contributed by atoms with Gasteiger partial charge in [-0.2, -0.15) is 0 Å². The molecule has 1 fully saturated rings. The average molecular weight is 309 g/mol. The van der Waals surface area contributed by atoms with E-state index in [2.05, 4.69) is 34.7 Å². The normalized spacial score (nSPS) is 24.5. The van der Waals surface area contributed by atoms with Gasteiger partial charge in [0.2, 0.25) is 5.91 Å². The van der Waals surface area contributed by atoms with Crippen molar-refractivity contribution < 1.29 is 4.79 Å². The van der Waals surface area contributed by atoms with E-state index in [-0.39, 0.29) is 12.0 Å². The summed E-state index contributed by atoms with van der Waals surface area (Å²) >= 11 is 0. The zero-order valence-electron chi connectivity index (χ0n) is 13.6. The van der Waals surface area contributed by atoms with Crippen LogP contribution in [0.2, 0.25) is 0 Å². The molecule has 0 bridgehead atoms. The van der Waals surface area contributed by atoms with Crippen LogP contribution in [-0.4, -0.2) is 26.9 Å². The Morgan fingerprint density at radius 2 is 2.09 bits per heavy atom. The van der Waals surface area contributed by atoms with Crippen molar-refractivity contribution in [2.24, 2.45) is 13.0 Å². The third kappa shape index (κ3) is 2.46. The van der Waals surface area contributed by atoms with Gasteiger partial charge in [-0.25, -0.2) is 4.98 Å². The van der Waals surface area contributed by atoms with Crippen molar-refractivity contribution in [2.45, 2.75) is 38.1 Å². The Bertz CT molecular complexity index is 761. The van der Waals surface area contributed by atoms with Crippen LogP contribution in [0.5, 0.6) is 0 Å². The van der Waals surface area contributed by atoms with Crippen molar-refractivity contribution in [3.63, 3.8) is 0 Å². The zero-order valence-corrected chi connectivity index (χ0v) is 13.6. The number of rotatable bonds is 2. The molecule has 4 heteroatoms. The number of hydrogen-bond donors (Lipinski definition) is 0. The van der Waals surface area contributed by atoms with Crippen molar-refractivity contribution in [1.29, 1.82) is 0 Å². The highest BCUT2D eigenvalue weighted by atomic mass is 16.2. The summed E-state index contributed by atoms with van der Waals surface area (Å²) in [7, 11) is 2.06. The second kappa shape index (κ2) is 5.84. The molecule has 1 aromatic carbocycles. The first-order chi connectivity index (χ1) is 11.3. The number of aromatic nitrogens is 2. The quantitative estimate of drug-likeness (QED) is 0.795. The van der Waals surface area contributed by atoms with Gasteiger partial charge < -0.3 is 9.47 Å². The molecule has 1 amide bonds. The second-order valence-corrected chi connectivity index (χ2v) is 6.69. The van der Waals surface area contributed by atoms with Crippen LogP contribution in [0.25, 0.3) is 11.0 Å². The molecule has 0 radical (unpaired) electrons. The van der Waals surface area contributed by atoms with Crippen molar-refractivity contribution in [3.05, 3.63) is 42.2 Å². The molecule has 1 aliphatic carbocycles. The fourth-order valence-electron chi connectivity index (χ4n) is 4.01. The van der Waals surface area contributed by atoms with E-state index in [0.717, 1.165) is 55.5 Å². The zero-order chi connectivity index (χ0) is 15.8. The molecule has 1 aromatic heterocycles. The number of benzene rings is 1. The number of para-hydroxylation sites is 2. The van der Waals surface area contributed by atoms with Crippen LogP contribution >= 0.6 is 0 Å². The maximum atomic E-state index is 13.0. The van der Waals surface area contributed by atoms with Gasteiger partial charge in [0.1, 0.15) is 5.82 Å². The minimum atomic E-state index is 0.130. The molecule has 2 heterocycles. The summed E-state index contributed by atoms with van der Waals surface area (Å²) < 4.78 is 2.16.